The van der Waals surface area contributed by atoms with Gasteiger partial charge in [-0.2, -0.15) is 0 Å². The van der Waals surface area contributed by atoms with Crippen molar-refractivity contribution >= 4 is 29.3 Å². The van der Waals surface area contributed by atoms with Gasteiger partial charge in [-0.25, -0.2) is 4.79 Å². The van der Waals surface area contributed by atoms with Crippen molar-refractivity contribution in [3.05, 3.63) is 29.3 Å². The average molecular weight is 297 g/mol. The van der Waals surface area contributed by atoms with Crippen LogP contribution in [0.5, 0.6) is 0 Å². The number of carbonyl (C=O) groups is 2. The van der Waals surface area contributed by atoms with E-state index in [2.05, 4.69) is 0 Å². The van der Waals surface area contributed by atoms with Crippen LogP contribution in [-0.2, 0) is 4.79 Å². The smallest absolute Gasteiger partial charge is 0.324 e. The van der Waals surface area contributed by atoms with Gasteiger partial charge in [0.05, 0.1) is 0 Å². The molecule has 20 heavy (non-hydrogen) atoms. The highest BCUT2D eigenvalue weighted by Crippen LogP contribution is 2.30. The van der Waals surface area contributed by atoms with Gasteiger partial charge in [0.15, 0.2) is 0 Å². The second-order valence-electron chi connectivity index (χ2n) is 5.06. The molecule has 5 nitrogen and oxygen atoms in total. The van der Waals surface area contributed by atoms with Crippen molar-refractivity contribution in [2.45, 2.75) is 12.8 Å². The number of hydrogen-bond donors (Lipinski definition) is 1. The molecule has 1 aromatic carbocycles. The maximum Gasteiger partial charge on any atom is 0.324 e. The standard InChI is InChI=1S/C14H17ClN2O3/c1-16(8-10-2-3-10)14(20)17(9-13(18)19)12-6-4-11(15)5-7-12/h4-7,10H,2-3,8-9H2,1H3,(H,18,19). The van der Waals surface area contributed by atoms with Crippen LogP contribution in [0, 0.1) is 5.92 Å². The molecular formula is C14H17ClN2O3. The minimum atomic E-state index is -1.05. The molecule has 1 aliphatic carbocycles. The van der Waals surface area contributed by atoms with Crippen LogP contribution >= 0.6 is 11.6 Å². The van der Waals surface area contributed by atoms with E-state index in [9.17, 15) is 9.59 Å². The fraction of sp³-hybridized carbons (Fsp3) is 0.429. The third-order valence-electron chi connectivity index (χ3n) is 3.22. The van der Waals surface area contributed by atoms with Gasteiger partial charge in [0.2, 0.25) is 0 Å². The number of aliphatic carboxylic acids is 1. The predicted octanol–water partition coefficient (Wildman–Crippen LogP) is 2.69. The van der Waals surface area contributed by atoms with E-state index >= 15 is 0 Å². The van der Waals surface area contributed by atoms with E-state index in [4.69, 9.17) is 16.7 Å². The molecule has 0 aromatic heterocycles. The summed E-state index contributed by atoms with van der Waals surface area (Å²) in [5.74, 6) is -0.492. The third-order valence-corrected chi connectivity index (χ3v) is 3.47. The first-order valence-corrected chi connectivity index (χ1v) is 6.85. The van der Waals surface area contributed by atoms with E-state index in [1.165, 1.54) is 4.90 Å². The topological polar surface area (TPSA) is 60.9 Å². The van der Waals surface area contributed by atoms with Crippen molar-refractivity contribution in [1.29, 1.82) is 0 Å². The Morgan fingerprint density at radius 2 is 1.90 bits per heavy atom. The lowest BCUT2D eigenvalue weighted by Crippen LogP contribution is -2.44. The molecule has 1 aliphatic rings. The zero-order valence-electron chi connectivity index (χ0n) is 11.3. The fourth-order valence-corrected chi connectivity index (χ4v) is 2.12. The number of rotatable bonds is 5. The summed E-state index contributed by atoms with van der Waals surface area (Å²) in [6.45, 7) is 0.304. The molecule has 0 spiro atoms. The van der Waals surface area contributed by atoms with E-state index in [1.807, 2.05) is 0 Å². The number of nitrogens with zero attached hydrogens (tertiary/aromatic N) is 2. The van der Waals surface area contributed by atoms with Crippen LogP contribution in [-0.4, -0.2) is 42.1 Å². The van der Waals surface area contributed by atoms with Crippen LogP contribution in [0.4, 0.5) is 10.5 Å². The molecule has 1 fully saturated rings. The number of anilines is 1. The molecule has 0 aliphatic heterocycles. The Bertz CT molecular complexity index is 500. The number of carbonyl (C=O) groups excluding carboxylic acids is 1. The minimum Gasteiger partial charge on any atom is -0.480 e. The average Bonchev–Trinajstić information content (AvgIpc) is 3.20. The van der Waals surface area contributed by atoms with Crippen LogP contribution < -0.4 is 4.90 Å². The Kier molecular flexibility index (Phi) is 4.49. The van der Waals surface area contributed by atoms with Gasteiger partial charge in [-0.05, 0) is 43.0 Å². The summed E-state index contributed by atoms with van der Waals surface area (Å²) in [6, 6.07) is 6.27. The van der Waals surface area contributed by atoms with Crippen molar-refractivity contribution in [1.82, 2.24) is 4.90 Å². The zero-order chi connectivity index (χ0) is 14.7. The molecule has 0 heterocycles. The van der Waals surface area contributed by atoms with Crippen molar-refractivity contribution in [3.63, 3.8) is 0 Å². The molecule has 2 amide bonds. The predicted molar refractivity (Wildman–Crippen MR) is 77.2 cm³/mol. The lowest BCUT2D eigenvalue weighted by Gasteiger charge is -2.27. The number of urea groups is 1. The van der Waals surface area contributed by atoms with Gasteiger partial charge in [0, 0.05) is 24.3 Å². The maximum absolute atomic E-state index is 12.4. The largest absolute Gasteiger partial charge is 0.480 e. The SMILES string of the molecule is CN(CC1CC1)C(=O)N(CC(=O)O)c1ccc(Cl)cc1. The van der Waals surface area contributed by atoms with E-state index in [0.29, 0.717) is 23.2 Å². The summed E-state index contributed by atoms with van der Waals surface area (Å²) in [7, 11) is 1.70. The summed E-state index contributed by atoms with van der Waals surface area (Å²) in [5, 5.41) is 9.53. The van der Waals surface area contributed by atoms with E-state index in [0.717, 1.165) is 12.8 Å². The molecule has 6 heteroatoms. The lowest BCUT2D eigenvalue weighted by molar-refractivity contribution is -0.135. The van der Waals surface area contributed by atoms with Gasteiger partial charge in [-0.1, -0.05) is 11.6 Å². The second kappa shape index (κ2) is 6.13. The van der Waals surface area contributed by atoms with Crippen LogP contribution in [0.15, 0.2) is 24.3 Å². The highest BCUT2D eigenvalue weighted by molar-refractivity contribution is 6.30. The van der Waals surface area contributed by atoms with Crippen LogP contribution in [0.3, 0.4) is 0 Å². The van der Waals surface area contributed by atoms with E-state index < -0.39 is 5.97 Å². The number of carboxylic acid groups (broad SMARTS) is 1. The Morgan fingerprint density at radius 3 is 2.40 bits per heavy atom. The molecule has 0 bridgehead atoms. The molecule has 0 atom stereocenters. The van der Waals surface area contributed by atoms with Crippen LogP contribution in [0.25, 0.3) is 0 Å². The Labute approximate surface area is 122 Å². The highest BCUT2D eigenvalue weighted by atomic mass is 35.5. The minimum absolute atomic E-state index is 0.304. The summed E-state index contributed by atoms with van der Waals surface area (Å²) < 4.78 is 0. The number of benzene rings is 1. The molecule has 0 unspecified atom stereocenters. The van der Waals surface area contributed by atoms with Crippen molar-refractivity contribution in [2.24, 2.45) is 5.92 Å². The van der Waals surface area contributed by atoms with Crippen LogP contribution in [0.1, 0.15) is 12.8 Å². The fourth-order valence-electron chi connectivity index (χ4n) is 2.00. The van der Waals surface area contributed by atoms with Crippen molar-refractivity contribution in [2.75, 3.05) is 25.0 Å². The normalized spacial score (nSPS) is 13.9. The molecule has 0 radical (unpaired) electrons. The van der Waals surface area contributed by atoms with Crippen molar-refractivity contribution < 1.29 is 14.7 Å². The van der Waals surface area contributed by atoms with Gasteiger partial charge in [-0.3, -0.25) is 9.69 Å². The highest BCUT2D eigenvalue weighted by Gasteiger charge is 2.28. The quantitative estimate of drug-likeness (QED) is 0.909. The second-order valence-corrected chi connectivity index (χ2v) is 5.50. The molecule has 1 saturated carbocycles. The summed E-state index contributed by atoms with van der Waals surface area (Å²) in [6.07, 6.45) is 2.27. The van der Waals surface area contributed by atoms with Gasteiger partial charge in [-0.15, -0.1) is 0 Å². The lowest BCUT2D eigenvalue weighted by atomic mass is 10.3. The Hall–Kier alpha value is -1.75. The Balaban J connectivity index is 2.14. The monoisotopic (exact) mass is 296 g/mol. The molecule has 1 aromatic rings. The first-order chi connectivity index (χ1) is 9.47. The van der Waals surface area contributed by atoms with Gasteiger partial charge in [0.25, 0.3) is 0 Å². The number of hydrogen-bond acceptors (Lipinski definition) is 2. The van der Waals surface area contributed by atoms with Crippen molar-refractivity contribution in [3.8, 4) is 0 Å². The van der Waals surface area contributed by atoms with Gasteiger partial charge in [0.1, 0.15) is 6.54 Å². The van der Waals surface area contributed by atoms with Crippen LogP contribution in [0.2, 0.25) is 5.02 Å². The third kappa shape index (κ3) is 3.87. The van der Waals surface area contributed by atoms with E-state index in [1.54, 1.807) is 36.2 Å². The summed E-state index contributed by atoms with van der Waals surface area (Å²) in [4.78, 5) is 26.2. The maximum atomic E-state index is 12.4. The molecular weight excluding hydrogens is 280 g/mol. The first-order valence-electron chi connectivity index (χ1n) is 6.47. The molecule has 2 rings (SSSR count). The molecule has 1 N–H and O–H groups in total. The summed E-state index contributed by atoms with van der Waals surface area (Å²) >= 11 is 5.81. The molecule has 0 saturated heterocycles. The van der Waals surface area contributed by atoms with Gasteiger partial charge >= 0.3 is 12.0 Å². The number of halogens is 1. The van der Waals surface area contributed by atoms with Gasteiger partial charge < -0.3 is 10.0 Å². The summed E-state index contributed by atoms with van der Waals surface area (Å²) in [5.41, 5.74) is 0.532. The van der Waals surface area contributed by atoms with E-state index in [-0.39, 0.29) is 12.6 Å². The number of carboxylic acids is 1. The number of amides is 2. The first kappa shape index (κ1) is 14.7. The molecule has 108 valence electrons. The Morgan fingerprint density at radius 1 is 1.30 bits per heavy atom. The zero-order valence-corrected chi connectivity index (χ0v) is 12.0.